The Balaban J connectivity index is 2.30. The highest BCUT2D eigenvalue weighted by atomic mass is 16.5. The summed E-state index contributed by atoms with van der Waals surface area (Å²) in [5.41, 5.74) is 1.51. The van der Waals surface area contributed by atoms with Crippen molar-refractivity contribution in [2.45, 2.75) is 33.4 Å². The molecule has 21 heavy (non-hydrogen) atoms. The summed E-state index contributed by atoms with van der Waals surface area (Å²) < 4.78 is 10.3. The van der Waals surface area contributed by atoms with Gasteiger partial charge in [0.05, 0.1) is 13.7 Å². The first-order valence-electron chi connectivity index (χ1n) is 7.14. The van der Waals surface area contributed by atoms with Gasteiger partial charge in [-0.25, -0.2) is 4.79 Å². The lowest BCUT2D eigenvalue weighted by Gasteiger charge is -2.28. The first kappa shape index (κ1) is 15.4. The predicted molar refractivity (Wildman–Crippen MR) is 78.1 cm³/mol. The molecule has 1 heterocycles. The van der Waals surface area contributed by atoms with Crippen LogP contribution in [0.4, 0.5) is 0 Å². The topological polar surface area (TPSA) is 55.8 Å². The Morgan fingerprint density at radius 3 is 2.67 bits per heavy atom. The molecule has 1 atom stereocenters. The zero-order valence-corrected chi connectivity index (χ0v) is 12.9. The van der Waals surface area contributed by atoms with Gasteiger partial charge in [-0.2, -0.15) is 0 Å². The van der Waals surface area contributed by atoms with Gasteiger partial charge in [-0.1, -0.05) is 19.9 Å². The molecule has 5 heteroatoms. The lowest BCUT2D eigenvalue weighted by atomic mass is 10.0. The van der Waals surface area contributed by atoms with Gasteiger partial charge in [-0.15, -0.1) is 0 Å². The minimum absolute atomic E-state index is 0.00999. The van der Waals surface area contributed by atoms with E-state index >= 15 is 0 Å². The van der Waals surface area contributed by atoms with E-state index in [1.807, 2.05) is 26.0 Å². The van der Waals surface area contributed by atoms with Crippen molar-refractivity contribution in [1.82, 2.24) is 4.90 Å². The molecule has 0 N–H and O–H groups in total. The molecule has 0 saturated heterocycles. The zero-order valence-electron chi connectivity index (χ0n) is 12.9. The molecule has 1 aliphatic rings. The van der Waals surface area contributed by atoms with Crippen molar-refractivity contribution >= 4 is 11.9 Å². The maximum atomic E-state index is 12.6. The number of fused-ring (bicyclic) bond motifs is 1. The van der Waals surface area contributed by atoms with Crippen LogP contribution in [0, 0.1) is 5.92 Å². The minimum atomic E-state index is -0.559. The smallest absolute Gasteiger partial charge is 0.329 e. The molecule has 1 aromatic rings. The van der Waals surface area contributed by atoms with Crippen LogP contribution >= 0.6 is 0 Å². The third kappa shape index (κ3) is 2.86. The van der Waals surface area contributed by atoms with Gasteiger partial charge < -0.3 is 14.4 Å². The van der Waals surface area contributed by atoms with Gasteiger partial charge in [0, 0.05) is 12.1 Å². The number of hydrogen-bond acceptors (Lipinski definition) is 4. The quantitative estimate of drug-likeness (QED) is 0.781. The molecule has 0 saturated carbocycles. The lowest BCUT2D eigenvalue weighted by molar-refractivity contribution is -0.150. The molecular formula is C16H21NO4. The molecule has 0 unspecified atom stereocenters. The monoisotopic (exact) mass is 291 g/mol. The molecule has 0 aliphatic carbocycles. The number of esters is 1. The van der Waals surface area contributed by atoms with Crippen LogP contribution in [-0.2, 0) is 16.1 Å². The van der Waals surface area contributed by atoms with Crippen LogP contribution in [0.2, 0.25) is 0 Å². The highest BCUT2D eigenvalue weighted by molar-refractivity contribution is 6.01. The number of carbonyl (C=O) groups is 2. The van der Waals surface area contributed by atoms with Crippen LogP contribution in [0.15, 0.2) is 18.2 Å². The van der Waals surface area contributed by atoms with Crippen molar-refractivity contribution in [2.75, 3.05) is 13.7 Å². The average Bonchev–Trinajstić information content (AvgIpc) is 2.76. The Morgan fingerprint density at radius 2 is 2.10 bits per heavy atom. The van der Waals surface area contributed by atoms with Gasteiger partial charge in [0.25, 0.3) is 5.91 Å². The Labute approximate surface area is 124 Å². The highest BCUT2D eigenvalue weighted by Gasteiger charge is 2.39. The van der Waals surface area contributed by atoms with Crippen LogP contribution < -0.4 is 4.74 Å². The summed E-state index contributed by atoms with van der Waals surface area (Å²) in [6, 6.07) is 4.86. The number of carbonyl (C=O) groups excluding carboxylic acids is 2. The fourth-order valence-corrected chi connectivity index (χ4v) is 2.64. The van der Waals surface area contributed by atoms with E-state index in [1.54, 1.807) is 25.0 Å². The van der Waals surface area contributed by atoms with Crippen molar-refractivity contribution in [3.63, 3.8) is 0 Å². The fraction of sp³-hybridized carbons (Fsp3) is 0.500. The minimum Gasteiger partial charge on any atom is -0.497 e. The van der Waals surface area contributed by atoms with Gasteiger partial charge in [-0.05, 0) is 30.5 Å². The number of nitrogens with zero attached hydrogens (tertiary/aromatic N) is 1. The van der Waals surface area contributed by atoms with E-state index in [2.05, 4.69) is 0 Å². The Hall–Kier alpha value is -2.04. The molecule has 2 rings (SSSR count). The van der Waals surface area contributed by atoms with Crippen molar-refractivity contribution in [3.05, 3.63) is 29.3 Å². The van der Waals surface area contributed by atoms with Crippen molar-refractivity contribution < 1.29 is 19.1 Å². The van der Waals surface area contributed by atoms with E-state index in [9.17, 15) is 9.59 Å². The predicted octanol–water partition coefficient (Wildman–Crippen LogP) is 2.24. The van der Waals surface area contributed by atoms with E-state index in [4.69, 9.17) is 9.47 Å². The number of rotatable bonds is 5. The molecule has 0 aromatic heterocycles. The third-order valence-corrected chi connectivity index (χ3v) is 3.64. The summed E-state index contributed by atoms with van der Waals surface area (Å²) in [4.78, 5) is 26.3. The average molecular weight is 291 g/mol. The summed E-state index contributed by atoms with van der Waals surface area (Å²) in [7, 11) is 1.56. The Bertz CT molecular complexity index is 553. The molecule has 0 spiro atoms. The molecule has 0 bridgehead atoms. The maximum absolute atomic E-state index is 12.6. The lowest BCUT2D eigenvalue weighted by Crippen LogP contribution is -2.45. The Morgan fingerprint density at radius 1 is 1.38 bits per heavy atom. The largest absolute Gasteiger partial charge is 0.497 e. The van der Waals surface area contributed by atoms with Crippen molar-refractivity contribution in [1.29, 1.82) is 0 Å². The van der Waals surface area contributed by atoms with Gasteiger partial charge >= 0.3 is 5.97 Å². The number of amides is 1. The first-order chi connectivity index (χ1) is 9.99. The summed E-state index contributed by atoms with van der Waals surface area (Å²) in [6.45, 7) is 6.34. The molecule has 5 nitrogen and oxygen atoms in total. The van der Waals surface area contributed by atoms with E-state index in [0.717, 1.165) is 5.56 Å². The van der Waals surface area contributed by atoms with E-state index in [1.165, 1.54) is 0 Å². The number of methoxy groups -OCH3 is 1. The second-order valence-corrected chi connectivity index (χ2v) is 5.40. The standard InChI is InChI=1S/C16H21NO4/c1-5-21-16(19)14(10(2)3)17-9-11-6-7-12(20-4)8-13(11)15(17)18/h6-8,10,14H,5,9H2,1-4H3/t14-/m1/s1. The van der Waals surface area contributed by atoms with Gasteiger partial charge in [-0.3, -0.25) is 4.79 Å². The molecule has 0 radical (unpaired) electrons. The van der Waals surface area contributed by atoms with Crippen LogP contribution in [0.25, 0.3) is 0 Å². The van der Waals surface area contributed by atoms with Gasteiger partial charge in [0.2, 0.25) is 0 Å². The van der Waals surface area contributed by atoms with E-state index in [-0.39, 0.29) is 17.8 Å². The maximum Gasteiger partial charge on any atom is 0.329 e. The second-order valence-electron chi connectivity index (χ2n) is 5.40. The highest BCUT2D eigenvalue weighted by Crippen LogP contribution is 2.30. The summed E-state index contributed by atoms with van der Waals surface area (Å²) in [5.74, 6) is 0.140. The van der Waals surface area contributed by atoms with Crippen LogP contribution in [0.1, 0.15) is 36.7 Å². The summed E-state index contributed by atoms with van der Waals surface area (Å²) in [6.07, 6.45) is 0. The van der Waals surface area contributed by atoms with E-state index in [0.29, 0.717) is 24.5 Å². The molecule has 1 aromatic carbocycles. The van der Waals surface area contributed by atoms with Gasteiger partial charge in [0.15, 0.2) is 0 Å². The van der Waals surface area contributed by atoms with Crippen LogP contribution in [0.5, 0.6) is 5.75 Å². The fourth-order valence-electron chi connectivity index (χ4n) is 2.64. The molecule has 114 valence electrons. The normalized spacial score (nSPS) is 15.1. The number of benzene rings is 1. The zero-order chi connectivity index (χ0) is 15.6. The van der Waals surface area contributed by atoms with E-state index < -0.39 is 6.04 Å². The Kier molecular flexibility index (Phi) is 4.50. The summed E-state index contributed by atoms with van der Waals surface area (Å²) >= 11 is 0. The van der Waals surface area contributed by atoms with Crippen LogP contribution in [0.3, 0.4) is 0 Å². The first-order valence-corrected chi connectivity index (χ1v) is 7.14. The third-order valence-electron chi connectivity index (χ3n) is 3.64. The molecule has 1 amide bonds. The van der Waals surface area contributed by atoms with Crippen molar-refractivity contribution in [3.8, 4) is 5.75 Å². The van der Waals surface area contributed by atoms with Crippen LogP contribution in [-0.4, -0.2) is 36.5 Å². The summed E-state index contributed by atoms with van der Waals surface area (Å²) in [5, 5.41) is 0. The number of ether oxygens (including phenoxy) is 2. The van der Waals surface area contributed by atoms with Gasteiger partial charge in [0.1, 0.15) is 11.8 Å². The number of hydrogen-bond donors (Lipinski definition) is 0. The molecule has 0 fully saturated rings. The van der Waals surface area contributed by atoms with Crippen molar-refractivity contribution in [2.24, 2.45) is 5.92 Å². The molecular weight excluding hydrogens is 270 g/mol. The second kappa shape index (κ2) is 6.16. The SMILES string of the molecule is CCOC(=O)[C@@H](C(C)C)N1Cc2ccc(OC)cc2C1=O. The molecule has 1 aliphatic heterocycles.